The van der Waals surface area contributed by atoms with Gasteiger partial charge in [0.25, 0.3) is 0 Å². The lowest BCUT2D eigenvalue weighted by atomic mass is 9.88. The third-order valence-electron chi connectivity index (χ3n) is 4.42. The molecule has 1 nitrogen and oxygen atoms in total. The SMILES string of the molecule is Cl.c1ccc(-c2cc(-c3ccccc3)cc(C3CNC3)c2)cc1. The summed E-state index contributed by atoms with van der Waals surface area (Å²) >= 11 is 0. The van der Waals surface area contributed by atoms with E-state index in [0.29, 0.717) is 5.92 Å². The molecule has 0 unspecified atom stereocenters. The van der Waals surface area contributed by atoms with Gasteiger partial charge in [0.2, 0.25) is 0 Å². The van der Waals surface area contributed by atoms with Crippen molar-refractivity contribution >= 4 is 12.4 Å². The second kappa shape index (κ2) is 6.99. The normalized spacial score (nSPS) is 13.9. The van der Waals surface area contributed by atoms with Crippen LogP contribution in [-0.4, -0.2) is 13.1 Å². The van der Waals surface area contributed by atoms with Gasteiger partial charge in [-0.25, -0.2) is 0 Å². The van der Waals surface area contributed by atoms with Crippen LogP contribution in [0.3, 0.4) is 0 Å². The average molecular weight is 322 g/mol. The van der Waals surface area contributed by atoms with E-state index < -0.39 is 0 Å². The molecule has 1 fully saturated rings. The number of nitrogens with one attached hydrogen (secondary N) is 1. The summed E-state index contributed by atoms with van der Waals surface area (Å²) in [6, 6.07) is 28.3. The summed E-state index contributed by atoms with van der Waals surface area (Å²) in [6.07, 6.45) is 0. The summed E-state index contributed by atoms with van der Waals surface area (Å²) in [4.78, 5) is 0. The second-order valence-corrected chi connectivity index (χ2v) is 5.93. The van der Waals surface area contributed by atoms with Crippen LogP contribution in [0, 0.1) is 0 Å². The van der Waals surface area contributed by atoms with E-state index in [4.69, 9.17) is 0 Å². The van der Waals surface area contributed by atoms with E-state index in [1.54, 1.807) is 0 Å². The van der Waals surface area contributed by atoms with Crippen molar-refractivity contribution in [3.63, 3.8) is 0 Å². The summed E-state index contributed by atoms with van der Waals surface area (Å²) in [5, 5.41) is 3.38. The first kappa shape index (κ1) is 15.8. The predicted octanol–water partition coefficient (Wildman–Crippen LogP) is 5.13. The van der Waals surface area contributed by atoms with Crippen LogP contribution in [0.1, 0.15) is 11.5 Å². The molecular weight excluding hydrogens is 302 g/mol. The van der Waals surface area contributed by atoms with Crippen LogP contribution in [0.5, 0.6) is 0 Å². The van der Waals surface area contributed by atoms with Crippen molar-refractivity contribution < 1.29 is 0 Å². The van der Waals surface area contributed by atoms with Gasteiger partial charge in [-0.1, -0.05) is 72.8 Å². The van der Waals surface area contributed by atoms with Crippen LogP contribution >= 0.6 is 12.4 Å². The lowest BCUT2D eigenvalue weighted by Crippen LogP contribution is -2.39. The lowest BCUT2D eigenvalue weighted by Gasteiger charge is -2.28. The van der Waals surface area contributed by atoms with Gasteiger partial charge >= 0.3 is 0 Å². The molecule has 2 heteroatoms. The van der Waals surface area contributed by atoms with Crippen molar-refractivity contribution in [2.45, 2.75) is 5.92 Å². The molecule has 1 N–H and O–H groups in total. The first-order chi connectivity index (χ1) is 10.9. The number of hydrogen-bond donors (Lipinski definition) is 1. The van der Waals surface area contributed by atoms with Gasteiger partial charge in [-0.3, -0.25) is 0 Å². The van der Waals surface area contributed by atoms with Crippen molar-refractivity contribution in [2.75, 3.05) is 13.1 Å². The molecule has 4 rings (SSSR count). The molecule has 0 saturated carbocycles. The van der Waals surface area contributed by atoms with Gasteiger partial charge < -0.3 is 5.32 Å². The number of hydrogen-bond acceptors (Lipinski definition) is 1. The van der Waals surface area contributed by atoms with Crippen LogP contribution in [0.2, 0.25) is 0 Å². The van der Waals surface area contributed by atoms with Gasteiger partial charge in [-0.05, 0) is 33.9 Å². The third-order valence-corrected chi connectivity index (χ3v) is 4.42. The van der Waals surface area contributed by atoms with Gasteiger partial charge in [0.1, 0.15) is 0 Å². The highest BCUT2D eigenvalue weighted by Crippen LogP contribution is 2.32. The quantitative estimate of drug-likeness (QED) is 0.705. The Morgan fingerprint density at radius 1 is 0.609 bits per heavy atom. The molecule has 1 aliphatic rings. The van der Waals surface area contributed by atoms with Crippen LogP contribution in [0.25, 0.3) is 22.3 Å². The fourth-order valence-corrected chi connectivity index (χ4v) is 3.01. The highest BCUT2D eigenvalue weighted by atomic mass is 35.5. The number of rotatable bonds is 3. The first-order valence-corrected chi connectivity index (χ1v) is 7.87. The molecule has 0 aliphatic carbocycles. The standard InChI is InChI=1S/C21H19N.ClH/c1-3-7-16(8-4-1)18-11-19(17-9-5-2-6-10-17)13-20(12-18)21-14-22-15-21;/h1-13,21-22H,14-15H2;1H. The molecule has 0 bridgehead atoms. The third kappa shape index (κ3) is 3.31. The molecule has 0 amide bonds. The lowest BCUT2D eigenvalue weighted by molar-refractivity contribution is 0.448. The van der Waals surface area contributed by atoms with Crippen LogP contribution in [0.4, 0.5) is 0 Å². The Morgan fingerprint density at radius 3 is 1.48 bits per heavy atom. The highest BCUT2D eigenvalue weighted by Gasteiger charge is 2.20. The van der Waals surface area contributed by atoms with E-state index in [0.717, 1.165) is 13.1 Å². The Bertz CT molecular complexity index is 707. The van der Waals surface area contributed by atoms with Crippen molar-refractivity contribution in [1.29, 1.82) is 0 Å². The molecule has 3 aromatic rings. The van der Waals surface area contributed by atoms with Crippen molar-refractivity contribution in [2.24, 2.45) is 0 Å². The van der Waals surface area contributed by atoms with E-state index in [2.05, 4.69) is 84.2 Å². The monoisotopic (exact) mass is 321 g/mol. The molecule has 1 heterocycles. The predicted molar refractivity (Wildman–Crippen MR) is 100 cm³/mol. The molecule has 116 valence electrons. The Hall–Kier alpha value is -2.09. The number of halogens is 1. The Morgan fingerprint density at radius 2 is 1.09 bits per heavy atom. The molecular formula is C21H20ClN. The molecule has 1 aliphatic heterocycles. The van der Waals surface area contributed by atoms with Crippen molar-refractivity contribution in [3.8, 4) is 22.3 Å². The molecule has 0 radical (unpaired) electrons. The summed E-state index contributed by atoms with van der Waals surface area (Å²) in [6.45, 7) is 2.18. The van der Waals surface area contributed by atoms with Crippen LogP contribution < -0.4 is 5.32 Å². The minimum atomic E-state index is 0. The summed E-state index contributed by atoms with van der Waals surface area (Å²) < 4.78 is 0. The van der Waals surface area contributed by atoms with E-state index in [1.165, 1.54) is 27.8 Å². The Kier molecular flexibility index (Phi) is 4.80. The highest BCUT2D eigenvalue weighted by molar-refractivity contribution is 5.85. The van der Waals surface area contributed by atoms with E-state index >= 15 is 0 Å². The fraction of sp³-hybridized carbons (Fsp3) is 0.143. The maximum absolute atomic E-state index is 3.38. The minimum Gasteiger partial charge on any atom is -0.315 e. The van der Waals surface area contributed by atoms with Crippen molar-refractivity contribution in [3.05, 3.63) is 84.4 Å². The number of benzene rings is 3. The zero-order valence-electron chi connectivity index (χ0n) is 12.9. The zero-order valence-corrected chi connectivity index (χ0v) is 13.7. The van der Waals surface area contributed by atoms with E-state index in [-0.39, 0.29) is 12.4 Å². The second-order valence-electron chi connectivity index (χ2n) is 5.93. The maximum Gasteiger partial charge on any atom is 0.00889 e. The molecule has 3 aromatic carbocycles. The van der Waals surface area contributed by atoms with Gasteiger partial charge in [-0.2, -0.15) is 0 Å². The molecule has 23 heavy (non-hydrogen) atoms. The topological polar surface area (TPSA) is 12.0 Å². The molecule has 0 atom stereocenters. The van der Waals surface area contributed by atoms with E-state index in [1.807, 2.05) is 0 Å². The summed E-state index contributed by atoms with van der Waals surface area (Å²) in [7, 11) is 0. The first-order valence-electron chi connectivity index (χ1n) is 7.87. The summed E-state index contributed by atoms with van der Waals surface area (Å²) in [5.74, 6) is 0.645. The van der Waals surface area contributed by atoms with Gasteiger partial charge in [0.05, 0.1) is 0 Å². The van der Waals surface area contributed by atoms with Crippen molar-refractivity contribution in [1.82, 2.24) is 5.32 Å². The minimum absolute atomic E-state index is 0. The zero-order chi connectivity index (χ0) is 14.8. The van der Waals surface area contributed by atoms with Crippen LogP contribution in [0.15, 0.2) is 78.9 Å². The fourth-order valence-electron chi connectivity index (χ4n) is 3.01. The Labute approximate surface area is 143 Å². The van der Waals surface area contributed by atoms with Gasteiger partial charge in [0, 0.05) is 19.0 Å². The van der Waals surface area contributed by atoms with Gasteiger partial charge in [-0.15, -0.1) is 12.4 Å². The largest absolute Gasteiger partial charge is 0.315 e. The summed E-state index contributed by atoms with van der Waals surface area (Å²) in [5.41, 5.74) is 6.63. The maximum atomic E-state index is 3.38. The Balaban J connectivity index is 0.00000156. The molecule has 0 aromatic heterocycles. The van der Waals surface area contributed by atoms with E-state index in [9.17, 15) is 0 Å². The van der Waals surface area contributed by atoms with Gasteiger partial charge in [0.15, 0.2) is 0 Å². The average Bonchev–Trinajstić information content (AvgIpc) is 2.55. The van der Waals surface area contributed by atoms with Crippen LogP contribution in [-0.2, 0) is 0 Å². The molecule has 0 spiro atoms. The molecule has 1 saturated heterocycles. The smallest absolute Gasteiger partial charge is 0.00889 e.